The molecule has 0 fully saturated rings. The molecule has 0 unspecified atom stereocenters. The molecule has 38 heavy (non-hydrogen) atoms. The molecule has 0 radical (unpaired) electrons. The zero-order chi connectivity index (χ0) is 27.0. The smallest absolute Gasteiger partial charge is 0.435 e. The summed E-state index contributed by atoms with van der Waals surface area (Å²) < 4.78 is 51.9. The molecule has 1 N–H and O–H groups in total. The number of benzene rings is 2. The maximum absolute atomic E-state index is 13.2. The minimum atomic E-state index is -4.53. The van der Waals surface area contributed by atoms with Gasteiger partial charge < -0.3 is 14.5 Å². The first-order chi connectivity index (χ1) is 18.2. The van der Waals surface area contributed by atoms with E-state index in [1.54, 1.807) is 37.5 Å². The molecule has 5 aromatic rings. The number of rotatable bonds is 7. The number of methoxy groups -OCH3 is 1. The van der Waals surface area contributed by atoms with Crippen molar-refractivity contribution in [2.75, 3.05) is 12.4 Å². The van der Waals surface area contributed by atoms with Crippen molar-refractivity contribution < 1.29 is 22.3 Å². The summed E-state index contributed by atoms with van der Waals surface area (Å²) in [4.78, 5) is 9.49. The van der Waals surface area contributed by atoms with Gasteiger partial charge in [-0.25, -0.2) is 14.6 Å². The number of hydrogen-bond donors (Lipinski definition) is 1. The van der Waals surface area contributed by atoms with Crippen LogP contribution in [0.15, 0.2) is 65.3 Å². The number of fused-ring (bicyclic) bond motifs is 1. The number of alkyl halides is 3. The number of aryl methyl sites for hydroxylation is 1. The molecule has 2 aromatic carbocycles. The summed E-state index contributed by atoms with van der Waals surface area (Å²) >= 11 is 0. The molecule has 3 aromatic heterocycles. The third-order valence-electron chi connectivity index (χ3n) is 6.24. The molecule has 10 heteroatoms. The fourth-order valence-corrected chi connectivity index (χ4v) is 4.36. The fraction of sp³-hybridized carbons (Fsp3) is 0.250. The highest BCUT2D eigenvalue weighted by Gasteiger charge is 2.34. The topological polar surface area (TPSA) is 78.0 Å². The number of furan rings is 1. The van der Waals surface area contributed by atoms with Crippen LogP contribution in [0.3, 0.4) is 0 Å². The van der Waals surface area contributed by atoms with Crippen LogP contribution in [-0.2, 0) is 12.7 Å². The Kier molecular flexibility index (Phi) is 6.56. The predicted molar refractivity (Wildman–Crippen MR) is 139 cm³/mol. The predicted octanol–water partition coefficient (Wildman–Crippen LogP) is 7.15. The minimum Gasteiger partial charge on any atom is -0.494 e. The molecule has 196 valence electrons. The maximum atomic E-state index is 13.2. The number of aromatic nitrogens is 4. The zero-order valence-corrected chi connectivity index (χ0v) is 21.3. The Morgan fingerprint density at radius 2 is 1.84 bits per heavy atom. The van der Waals surface area contributed by atoms with Crippen LogP contribution >= 0.6 is 0 Å². The first kappa shape index (κ1) is 25.3. The van der Waals surface area contributed by atoms with Gasteiger partial charge in [-0.05, 0) is 42.2 Å². The Bertz CT molecular complexity index is 1600. The molecule has 0 aliphatic heterocycles. The van der Waals surface area contributed by atoms with Gasteiger partial charge in [0.15, 0.2) is 22.9 Å². The number of nitrogens with one attached hydrogen (secondary N) is 1. The van der Waals surface area contributed by atoms with E-state index in [1.165, 1.54) is 11.8 Å². The maximum Gasteiger partial charge on any atom is 0.435 e. The zero-order valence-electron chi connectivity index (χ0n) is 21.3. The van der Waals surface area contributed by atoms with Crippen LogP contribution in [-0.4, -0.2) is 26.9 Å². The highest BCUT2D eigenvalue weighted by molar-refractivity contribution is 5.85. The van der Waals surface area contributed by atoms with E-state index in [0.717, 1.165) is 22.8 Å². The Morgan fingerprint density at radius 1 is 1.05 bits per heavy atom. The summed E-state index contributed by atoms with van der Waals surface area (Å²) in [5.74, 6) is 1.81. The standard InChI is InChI=1S/C28H26F3N5O2/c1-16(2)19-7-5-6-8-20(19)26-33-21-11-12-38-25(21)27(34-26)32-15-18-9-10-22(23(14-18)37-4)36-17(3)13-24(35-36)28(29,30)31/h5-14,16H,15H2,1-4H3,(H,32,33,34). The van der Waals surface area contributed by atoms with Gasteiger partial charge in [0.25, 0.3) is 0 Å². The molecule has 0 saturated carbocycles. The third-order valence-corrected chi connectivity index (χ3v) is 6.24. The Labute approximate surface area is 217 Å². The van der Waals surface area contributed by atoms with Gasteiger partial charge in [0.05, 0.1) is 13.4 Å². The van der Waals surface area contributed by atoms with Crippen molar-refractivity contribution in [3.8, 4) is 22.8 Å². The number of hydrogen-bond acceptors (Lipinski definition) is 6. The van der Waals surface area contributed by atoms with Crippen molar-refractivity contribution in [2.24, 2.45) is 0 Å². The summed E-state index contributed by atoms with van der Waals surface area (Å²) in [5, 5.41) is 7.06. The molecule has 3 heterocycles. The van der Waals surface area contributed by atoms with E-state index in [1.807, 2.05) is 18.2 Å². The van der Waals surface area contributed by atoms with Gasteiger partial charge in [0, 0.05) is 23.9 Å². The normalized spacial score (nSPS) is 11.9. The highest BCUT2D eigenvalue weighted by atomic mass is 19.4. The van der Waals surface area contributed by atoms with Crippen molar-refractivity contribution in [3.63, 3.8) is 0 Å². The lowest BCUT2D eigenvalue weighted by Crippen LogP contribution is -2.09. The second-order valence-corrected chi connectivity index (χ2v) is 9.21. The Balaban J connectivity index is 1.45. The average Bonchev–Trinajstić information content (AvgIpc) is 3.53. The number of nitrogens with zero attached hydrogens (tertiary/aromatic N) is 4. The number of anilines is 1. The van der Waals surface area contributed by atoms with Gasteiger partial charge >= 0.3 is 6.18 Å². The molecule has 0 bridgehead atoms. The second-order valence-electron chi connectivity index (χ2n) is 9.21. The Hall–Kier alpha value is -4.34. The molecule has 0 saturated heterocycles. The highest BCUT2D eigenvalue weighted by Crippen LogP contribution is 2.33. The molecular weight excluding hydrogens is 495 g/mol. The summed E-state index contributed by atoms with van der Waals surface area (Å²) in [6.07, 6.45) is -2.96. The van der Waals surface area contributed by atoms with Gasteiger partial charge in [-0.1, -0.05) is 44.2 Å². The molecule has 7 nitrogen and oxygen atoms in total. The SMILES string of the molecule is COc1cc(CNc2nc(-c3ccccc3C(C)C)nc3ccoc23)ccc1-n1nc(C(F)(F)F)cc1C. The van der Waals surface area contributed by atoms with E-state index in [0.29, 0.717) is 52.3 Å². The molecule has 0 aliphatic rings. The first-order valence-corrected chi connectivity index (χ1v) is 12.0. The third kappa shape index (κ3) is 4.81. The molecule has 5 rings (SSSR count). The van der Waals surface area contributed by atoms with Gasteiger partial charge in [0.2, 0.25) is 0 Å². The van der Waals surface area contributed by atoms with Gasteiger partial charge in [0.1, 0.15) is 17.0 Å². The lowest BCUT2D eigenvalue weighted by atomic mass is 9.97. The number of ether oxygens (including phenoxy) is 1. The van der Waals surface area contributed by atoms with E-state index in [9.17, 15) is 13.2 Å². The molecule has 0 spiro atoms. The average molecular weight is 522 g/mol. The fourth-order valence-electron chi connectivity index (χ4n) is 4.36. The van der Waals surface area contributed by atoms with Crippen molar-refractivity contribution >= 4 is 16.9 Å². The summed E-state index contributed by atoms with van der Waals surface area (Å²) in [7, 11) is 1.47. The lowest BCUT2D eigenvalue weighted by molar-refractivity contribution is -0.141. The van der Waals surface area contributed by atoms with E-state index in [2.05, 4.69) is 30.3 Å². The van der Waals surface area contributed by atoms with Crippen molar-refractivity contribution in [1.82, 2.24) is 19.7 Å². The van der Waals surface area contributed by atoms with Crippen LogP contribution < -0.4 is 10.1 Å². The van der Waals surface area contributed by atoms with Crippen LogP contribution in [0.2, 0.25) is 0 Å². The summed E-state index contributed by atoms with van der Waals surface area (Å²) in [5.41, 5.74) is 3.93. The van der Waals surface area contributed by atoms with Crippen molar-refractivity contribution in [3.05, 3.63) is 83.4 Å². The summed E-state index contributed by atoms with van der Waals surface area (Å²) in [6, 6.07) is 16.1. The molecule has 0 aliphatic carbocycles. The largest absolute Gasteiger partial charge is 0.494 e. The molecule has 0 amide bonds. The van der Waals surface area contributed by atoms with Crippen molar-refractivity contribution in [2.45, 2.75) is 39.4 Å². The monoisotopic (exact) mass is 521 g/mol. The van der Waals surface area contributed by atoms with Crippen LogP contribution in [0.4, 0.5) is 19.0 Å². The van der Waals surface area contributed by atoms with Crippen LogP contribution in [0, 0.1) is 6.92 Å². The lowest BCUT2D eigenvalue weighted by Gasteiger charge is -2.14. The first-order valence-electron chi connectivity index (χ1n) is 12.0. The number of halogens is 3. The Morgan fingerprint density at radius 3 is 2.55 bits per heavy atom. The minimum absolute atomic E-state index is 0.294. The van der Waals surface area contributed by atoms with E-state index >= 15 is 0 Å². The van der Waals surface area contributed by atoms with Crippen molar-refractivity contribution in [1.29, 1.82) is 0 Å². The summed E-state index contributed by atoms with van der Waals surface area (Å²) in [6.45, 7) is 6.18. The second kappa shape index (κ2) is 9.85. The van der Waals surface area contributed by atoms with Gasteiger partial charge in [-0.15, -0.1) is 0 Å². The van der Waals surface area contributed by atoms with E-state index in [-0.39, 0.29) is 0 Å². The van der Waals surface area contributed by atoms with Crippen LogP contribution in [0.5, 0.6) is 5.75 Å². The molecule has 0 atom stereocenters. The van der Waals surface area contributed by atoms with Crippen LogP contribution in [0.1, 0.15) is 42.3 Å². The van der Waals surface area contributed by atoms with Gasteiger partial charge in [-0.2, -0.15) is 18.3 Å². The quantitative estimate of drug-likeness (QED) is 0.245. The molecular formula is C28H26F3N5O2. The van der Waals surface area contributed by atoms with E-state index in [4.69, 9.17) is 19.1 Å². The van der Waals surface area contributed by atoms with Crippen LogP contribution in [0.25, 0.3) is 28.2 Å². The van der Waals surface area contributed by atoms with E-state index < -0.39 is 11.9 Å². The van der Waals surface area contributed by atoms with Gasteiger partial charge in [-0.3, -0.25) is 0 Å².